The van der Waals surface area contributed by atoms with E-state index in [9.17, 15) is 0 Å². The second-order valence-corrected chi connectivity index (χ2v) is 11.4. The third-order valence-corrected chi connectivity index (χ3v) is 9.82. The summed E-state index contributed by atoms with van der Waals surface area (Å²) in [5.41, 5.74) is 0.0778. The molecule has 1 aromatic rings. The molecule has 3 heterocycles. The molecule has 2 fully saturated rings. The van der Waals surface area contributed by atoms with Gasteiger partial charge in [-0.3, -0.25) is 9.34 Å². The molecule has 1 aromatic heterocycles. The molecule has 0 saturated carbocycles. The summed E-state index contributed by atoms with van der Waals surface area (Å²) in [5, 5.41) is 1.30. The summed E-state index contributed by atoms with van der Waals surface area (Å²) in [5.74, 6) is 0. The van der Waals surface area contributed by atoms with E-state index in [0.717, 1.165) is 52.6 Å². The molecule has 2 aliphatic heterocycles. The first-order valence-corrected chi connectivity index (χ1v) is 11.1. The summed E-state index contributed by atoms with van der Waals surface area (Å²) in [6.07, 6.45) is 2.50. The van der Waals surface area contributed by atoms with E-state index in [2.05, 4.69) is 53.1 Å². The molecule has 130 valence electrons. The minimum atomic E-state index is -1.95. The Morgan fingerprint density at radius 1 is 0.957 bits per heavy atom. The molecule has 0 spiro atoms. The van der Waals surface area contributed by atoms with Crippen molar-refractivity contribution in [1.82, 2.24) is 13.9 Å². The highest BCUT2D eigenvalue weighted by Crippen LogP contribution is 2.53. The van der Waals surface area contributed by atoms with Crippen LogP contribution in [0, 0.1) is 0 Å². The van der Waals surface area contributed by atoms with Crippen LogP contribution in [0.3, 0.4) is 0 Å². The molecule has 0 aromatic carbocycles. The molecule has 0 N–H and O–H groups in total. The lowest BCUT2D eigenvalue weighted by atomic mass is 10.1. The Kier molecular flexibility index (Phi) is 5.31. The Morgan fingerprint density at radius 3 is 1.83 bits per heavy atom. The maximum atomic E-state index is 6.38. The quantitative estimate of drug-likeness (QED) is 0.771. The third-order valence-electron chi connectivity index (χ3n) is 4.53. The van der Waals surface area contributed by atoms with E-state index >= 15 is 0 Å². The molecule has 0 atom stereocenters. The van der Waals surface area contributed by atoms with Gasteiger partial charge in [0.15, 0.2) is 0 Å². The smallest absolute Gasteiger partial charge is 0.108 e. The minimum absolute atomic E-state index is 0.0778. The second kappa shape index (κ2) is 6.95. The van der Waals surface area contributed by atoms with Crippen LogP contribution < -0.4 is 5.30 Å². The molecule has 23 heavy (non-hydrogen) atoms. The van der Waals surface area contributed by atoms with E-state index < -0.39 is 6.34 Å². The molecule has 5 nitrogen and oxygen atoms in total. The van der Waals surface area contributed by atoms with Gasteiger partial charge in [-0.1, -0.05) is 11.8 Å². The highest BCUT2D eigenvalue weighted by atomic mass is 32.4. The number of nitrogens with zero attached hydrogens (tertiary/aromatic N) is 3. The lowest BCUT2D eigenvalue weighted by Crippen LogP contribution is -2.46. The van der Waals surface area contributed by atoms with Crippen molar-refractivity contribution in [2.24, 2.45) is 0 Å². The molecule has 2 aliphatic rings. The van der Waals surface area contributed by atoms with Crippen molar-refractivity contribution in [2.45, 2.75) is 26.3 Å². The standard InChI is InChI=1S/C16H28N3O2PS/c1-16(2,3)17-5-4-15(14-17)22(23,18-6-10-20-11-7-18)19-8-12-21-13-9-19/h4-5,14H,6-13H2,1-3H3. The van der Waals surface area contributed by atoms with E-state index in [-0.39, 0.29) is 5.54 Å². The van der Waals surface area contributed by atoms with E-state index in [1.165, 1.54) is 5.30 Å². The highest BCUT2D eigenvalue weighted by Gasteiger charge is 2.37. The topological polar surface area (TPSA) is 29.9 Å². The molecule has 0 aliphatic carbocycles. The van der Waals surface area contributed by atoms with Gasteiger partial charge in [0.05, 0.1) is 26.4 Å². The number of morpholine rings is 2. The zero-order valence-corrected chi connectivity index (χ0v) is 16.1. The average molecular weight is 357 g/mol. The summed E-state index contributed by atoms with van der Waals surface area (Å²) >= 11 is 6.38. The van der Waals surface area contributed by atoms with Crippen molar-refractivity contribution in [1.29, 1.82) is 0 Å². The Bertz CT molecular complexity index is 550. The van der Waals surface area contributed by atoms with Crippen LogP contribution in [-0.2, 0) is 26.8 Å². The van der Waals surface area contributed by atoms with Crippen molar-refractivity contribution in [3.63, 3.8) is 0 Å². The van der Waals surface area contributed by atoms with Crippen LogP contribution in [0.25, 0.3) is 0 Å². The summed E-state index contributed by atoms with van der Waals surface area (Å²) < 4.78 is 18.4. The summed E-state index contributed by atoms with van der Waals surface area (Å²) in [4.78, 5) is 0. The molecular formula is C16H28N3O2PS. The number of ether oxygens (including phenoxy) is 2. The summed E-state index contributed by atoms with van der Waals surface area (Å²) in [6.45, 7) is 13.5. The SMILES string of the molecule is CC(C)(C)n1ccc(P(=S)(N2CCOCC2)N2CCOCC2)c1. The molecule has 2 saturated heterocycles. The van der Waals surface area contributed by atoms with Gasteiger partial charge >= 0.3 is 0 Å². The fourth-order valence-corrected chi connectivity index (χ4v) is 7.39. The fraction of sp³-hybridized carbons (Fsp3) is 0.750. The van der Waals surface area contributed by atoms with Gasteiger partial charge in [-0.15, -0.1) is 0 Å². The molecule has 0 amide bonds. The molecule has 0 bridgehead atoms. The lowest BCUT2D eigenvalue weighted by Gasteiger charge is -2.45. The van der Waals surface area contributed by atoms with Crippen LogP contribution in [0.1, 0.15) is 20.8 Å². The van der Waals surface area contributed by atoms with Gasteiger partial charge in [-0.05, 0) is 26.8 Å². The number of aromatic nitrogens is 1. The number of rotatable bonds is 3. The maximum Gasteiger partial charge on any atom is 0.108 e. The van der Waals surface area contributed by atoms with Crippen LogP contribution >= 0.6 is 6.34 Å². The van der Waals surface area contributed by atoms with E-state index in [4.69, 9.17) is 21.3 Å². The van der Waals surface area contributed by atoms with Crippen LogP contribution in [0.15, 0.2) is 18.5 Å². The zero-order valence-electron chi connectivity index (χ0n) is 14.4. The lowest BCUT2D eigenvalue weighted by molar-refractivity contribution is 0.0589. The molecule has 7 heteroatoms. The minimum Gasteiger partial charge on any atom is -0.379 e. The van der Waals surface area contributed by atoms with E-state index in [1.54, 1.807) is 0 Å². The second-order valence-electron chi connectivity index (χ2n) is 7.12. The molecule has 0 unspecified atom stereocenters. The van der Waals surface area contributed by atoms with Crippen molar-refractivity contribution >= 4 is 23.5 Å². The first kappa shape index (κ1) is 17.6. The molecule has 0 radical (unpaired) electrons. The van der Waals surface area contributed by atoms with Crippen LogP contribution in [0.5, 0.6) is 0 Å². The highest BCUT2D eigenvalue weighted by molar-refractivity contribution is 8.15. The van der Waals surface area contributed by atoms with Gasteiger partial charge in [0.25, 0.3) is 0 Å². The zero-order chi connectivity index (χ0) is 16.5. The molecule has 3 rings (SSSR count). The Morgan fingerprint density at radius 2 is 1.43 bits per heavy atom. The normalized spacial score (nSPS) is 22.4. The van der Waals surface area contributed by atoms with Gasteiger partial charge in [-0.25, -0.2) is 0 Å². The van der Waals surface area contributed by atoms with Gasteiger partial charge < -0.3 is 14.0 Å². The van der Waals surface area contributed by atoms with Gasteiger partial charge in [0, 0.05) is 49.4 Å². The van der Waals surface area contributed by atoms with Crippen molar-refractivity contribution in [2.75, 3.05) is 52.6 Å². The Balaban J connectivity index is 1.97. The van der Waals surface area contributed by atoms with Crippen LogP contribution in [0.2, 0.25) is 0 Å². The molecular weight excluding hydrogens is 329 g/mol. The number of hydrogen-bond acceptors (Lipinski definition) is 3. The summed E-state index contributed by atoms with van der Waals surface area (Å²) in [6, 6.07) is 2.23. The predicted molar refractivity (Wildman–Crippen MR) is 98.1 cm³/mol. The van der Waals surface area contributed by atoms with Crippen molar-refractivity contribution in [3.05, 3.63) is 18.5 Å². The Labute approximate surface area is 144 Å². The van der Waals surface area contributed by atoms with Gasteiger partial charge in [-0.2, -0.15) is 0 Å². The largest absolute Gasteiger partial charge is 0.379 e. The monoisotopic (exact) mass is 357 g/mol. The fourth-order valence-electron chi connectivity index (χ4n) is 3.13. The van der Waals surface area contributed by atoms with Gasteiger partial charge in [0.2, 0.25) is 0 Å². The van der Waals surface area contributed by atoms with Crippen LogP contribution in [-0.4, -0.2) is 66.5 Å². The first-order chi connectivity index (χ1) is 10.9. The van der Waals surface area contributed by atoms with E-state index in [0.29, 0.717) is 0 Å². The number of hydrogen-bond donors (Lipinski definition) is 0. The third kappa shape index (κ3) is 3.58. The Hall–Kier alpha value is -0.230. The summed E-state index contributed by atoms with van der Waals surface area (Å²) in [7, 11) is 0. The van der Waals surface area contributed by atoms with Crippen molar-refractivity contribution in [3.8, 4) is 0 Å². The van der Waals surface area contributed by atoms with Gasteiger partial charge in [0.1, 0.15) is 6.34 Å². The first-order valence-electron chi connectivity index (χ1n) is 8.38. The van der Waals surface area contributed by atoms with Crippen molar-refractivity contribution < 1.29 is 9.47 Å². The predicted octanol–water partition coefficient (Wildman–Crippen LogP) is 1.84. The average Bonchev–Trinajstić information content (AvgIpc) is 3.06. The maximum absolute atomic E-state index is 6.38. The van der Waals surface area contributed by atoms with E-state index in [1.807, 2.05) is 0 Å². The van der Waals surface area contributed by atoms with Crippen LogP contribution in [0.4, 0.5) is 0 Å².